The van der Waals surface area contributed by atoms with Crippen LogP contribution in [-0.4, -0.2) is 25.2 Å². The highest BCUT2D eigenvalue weighted by Crippen LogP contribution is 2.17. The molecule has 1 saturated heterocycles. The second-order valence-electron chi connectivity index (χ2n) is 4.82. The van der Waals surface area contributed by atoms with Gasteiger partial charge in [0.15, 0.2) is 0 Å². The second-order valence-corrected chi connectivity index (χ2v) is 4.82. The summed E-state index contributed by atoms with van der Waals surface area (Å²) in [6.45, 7) is 1.71. The number of carbonyl (C=O) groups is 1. The third kappa shape index (κ3) is 4.74. The smallest absolute Gasteiger partial charge is 0.237 e. The molecule has 0 bridgehead atoms. The average molecular weight is 303 g/mol. The number of nitrogens with one attached hydrogen (secondary N) is 1. The molecule has 0 aliphatic carbocycles. The largest absolute Gasteiger partial charge is 0.381 e. The molecule has 1 heterocycles. The van der Waals surface area contributed by atoms with E-state index in [-0.39, 0.29) is 30.0 Å². The Balaban J connectivity index is 0.00000200. The van der Waals surface area contributed by atoms with Crippen molar-refractivity contribution in [2.24, 2.45) is 11.7 Å². The molecule has 20 heavy (non-hydrogen) atoms. The zero-order chi connectivity index (χ0) is 13.7. The number of hydrogen-bond donors (Lipinski definition) is 2. The lowest BCUT2D eigenvalue weighted by Crippen LogP contribution is -2.46. The van der Waals surface area contributed by atoms with E-state index in [1.54, 1.807) is 12.1 Å². The van der Waals surface area contributed by atoms with Gasteiger partial charge in [0.25, 0.3) is 0 Å². The van der Waals surface area contributed by atoms with Gasteiger partial charge in [-0.2, -0.15) is 0 Å². The Kier molecular flexibility index (Phi) is 6.91. The molecule has 0 aromatic heterocycles. The van der Waals surface area contributed by atoms with E-state index in [1.165, 1.54) is 12.1 Å². The number of carbonyl (C=O) groups excluding carboxylic acids is 1. The summed E-state index contributed by atoms with van der Waals surface area (Å²) in [6.07, 6.45) is 1.65. The van der Waals surface area contributed by atoms with Gasteiger partial charge in [-0.25, -0.2) is 4.39 Å². The molecule has 1 unspecified atom stereocenters. The Hall–Kier alpha value is -1.17. The molecule has 2 rings (SSSR count). The van der Waals surface area contributed by atoms with E-state index >= 15 is 0 Å². The highest BCUT2D eigenvalue weighted by atomic mass is 35.5. The van der Waals surface area contributed by atoms with Crippen LogP contribution in [0.15, 0.2) is 24.3 Å². The number of amides is 1. The maximum absolute atomic E-state index is 12.7. The number of ether oxygens (including phenoxy) is 1. The van der Waals surface area contributed by atoms with E-state index in [9.17, 15) is 9.18 Å². The van der Waals surface area contributed by atoms with E-state index in [1.807, 2.05) is 0 Å². The van der Waals surface area contributed by atoms with E-state index in [4.69, 9.17) is 10.5 Å². The maximum Gasteiger partial charge on any atom is 0.237 e. The molecule has 3 N–H and O–H groups in total. The van der Waals surface area contributed by atoms with E-state index in [0.29, 0.717) is 19.8 Å². The molecule has 1 amide bonds. The third-order valence-electron chi connectivity index (χ3n) is 3.46. The highest BCUT2D eigenvalue weighted by Gasteiger charge is 2.26. The molecule has 1 aromatic rings. The summed E-state index contributed by atoms with van der Waals surface area (Å²) < 4.78 is 18.0. The van der Waals surface area contributed by atoms with Gasteiger partial charge < -0.3 is 15.8 Å². The molecule has 1 atom stereocenters. The van der Waals surface area contributed by atoms with Crippen molar-refractivity contribution in [1.82, 2.24) is 5.32 Å². The van der Waals surface area contributed by atoms with Crippen LogP contribution in [0.4, 0.5) is 4.39 Å². The summed E-state index contributed by atoms with van der Waals surface area (Å²) in [4.78, 5) is 11.9. The minimum atomic E-state index is -0.496. The van der Waals surface area contributed by atoms with Crippen molar-refractivity contribution in [3.8, 4) is 0 Å². The van der Waals surface area contributed by atoms with Crippen LogP contribution < -0.4 is 11.1 Å². The van der Waals surface area contributed by atoms with Gasteiger partial charge in [-0.05, 0) is 36.5 Å². The Morgan fingerprint density at radius 2 is 1.95 bits per heavy atom. The lowest BCUT2D eigenvalue weighted by Gasteiger charge is -2.26. The molecule has 4 nitrogen and oxygen atoms in total. The van der Waals surface area contributed by atoms with E-state index in [0.717, 1.165) is 18.4 Å². The molecule has 1 aliphatic heterocycles. The van der Waals surface area contributed by atoms with Crippen molar-refractivity contribution in [2.45, 2.75) is 25.4 Å². The van der Waals surface area contributed by atoms with Gasteiger partial charge in [-0.15, -0.1) is 12.4 Å². The fourth-order valence-corrected chi connectivity index (χ4v) is 2.20. The Bertz CT molecular complexity index is 422. The molecule has 0 radical (unpaired) electrons. The summed E-state index contributed by atoms with van der Waals surface area (Å²) >= 11 is 0. The minimum Gasteiger partial charge on any atom is -0.381 e. The van der Waals surface area contributed by atoms with Crippen molar-refractivity contribution >= 4 is 18.3 Å². The molecule has 1 aromatic carbocycles. The van der Waals surface area contributed by atoms with E-state index in [2.05, 4.69) is 5.32 Å². The van der Waals surface area contributed by atoms with Crippen molar-refractivity contribution in [3.05, 3.63) is 35.6 Å². The van der Waals surface area contributed by atoms with Crippen LogP contribution in [-0.2, 0) is 16.1 Å². The predicted octanol–water partition coefficient (Wildman–Crippen LogP) is 1.62. The lowest BCUT2D eigenvalue weighted by molar-refractivity contribution is -0.124. The summed E-state index contributed by atoms with van der Waals surface area (Å²) in [5.41, 5.74) is 6.81. The number of halogens is 2. The first-order valence-electron chi connectivity index (χ1n) is 6.52. The average Bonchev–Trinajstić information content (AvgIpc) is 2.46. The number of rotatable bonds is 4. The van der Waals surface area contributed by atoms with Crippen molar-refractivity contribution < 1.29 is 13.9 Å². The van der Waals surface area contributed by atoms with Crippen molar-refractivity contribution in [2.75, 3.05) is 13.2 Å². The summed E-state index contributed by atoms with van der Waals surface area (Å²) in [7, 11) is 0. The van der Waals surface area contributed by atoms with Crippen LogP contribution in [0.3, 0.4) is 0 Å². The quantitative estimate of drug-likeness (QED) is 0.888. The molecule has 0 saturated carbocycles. The van der Waals surface area contributed by atoms with Gasteiger partial charge in [0, 0.05) is 19.8 Å². The monoisotopic (exact) mass is 302 g/mol. The van der Waals surface area contributed by atoms with Crippen LogP contribution >= 0.6 is 12.4 Å². The number of hydrogen-bond acceptors (Lipinski definition) is 3. The van der Waals surface area contributed by atoms with Crippen LogP contribution in [0.1, 0.15) is 18.4 Å². The molecule has 1 fully saturated rings. The van der Waals surface area contributed by atoms with Gasteiger partial charge in [0.05, 0.1) is 6.04 Å². The molecule has 0 spiro atoms. The van der Waals surface area contributed by atoms with Gasteiger partial charge in [0.2, 0.25) is 5.91 Å². The summed E-state index contributed by atoms with van der Waals surface area (Å²) in [6, 6.07) is 5.55. The van der Waals surface area contributed by atoms with Gasteiger partial charge in [0.1, 0.15) is 5.82 Å². The molecule has 1 aliphatic rings. The zero-order valence-corrected chi connectivity index (χ0v) is 12.0. The fourth-order valence-electron chi connectivity index (χ4n) is 2.20. The Morgan fingerprint density at radius 1 is 1.35 bits per heavy atom. The second kappa shape index (κ2) is 8.19. The molecular weight excluding hydrogens is 283 g/mol. The fraction of sp³-hybridized carbons (Fsp3) is 0.500. The zero-order valence-electron chi connectivity index (χ0n) is 11.2. The van der Waals surface area contributed by atoms with Crippen molar-refractivity contribution in [3.63, 3.8) is 0 Å². The van der Waals surface area contributed by atoms with Crippen LogP contribution in [0.25, 0.3) is 0 Å². The van der Waals surface area contributed by atoms with Crippen molar-refractivity contribution in [1.29, 1.82) is 0 Å². The van der Waals surface area contributed by atoms with Crippen LogP contribution in [0.5, 0.6) is 0 Å². The standard InChI is InChI=1S/C14H19FN2O2.ClH/c15-12-3-1-10(2-4-12)9-17-14(18)13(16)11-5-7-19-8-6-11;/h1-4,11,13H,5-9,16H2,(H,17,18);1H. The van der Waals surface area contributed by atoms with Gasteiger partial charge >= 0.3 is 0 Å². The number of benzene rings is 1. The normalized spacial score (nSPS) is 17.1. The summed E-state index contributed by atoms with van der Waals surface area (Å²) in [5.74, 6) is -0.257. The third-order valence-corrected chi connectivity index (χ3v) is 3.46. The first-order valence-corrected chi connectivity index (χ1v) is 6.52. The Morgan fingerprint density at radius 3 is 2.55 bits per heavy atom. The minimum absolute atomic E-state index is 0. The molecule has 6 heteroatoms. The molecule has 112 valence electrons. The predicted molar refractivity (Wildman–Crippen MR) is 77.0 cm³/mol. The molecular formula is C14H20ClFN2O2. The Labute approximate surface area is 124 Å². The summed E-state index contributed by atoms with van der Waals surface area (Å²) in [5, 5.41) is 2.79. The highest BCUT2D eigenvalue weighted by molar-refractivity contribution is 5.85. The lowest BCUT2D eigenvalue weighted by atomic mass is 9.92. The first kappa shape index (κ1) is 16.9. The maximum atomic E-state index is 12.7. The topological polar surface area (TPSA) is 64.4 Å². The van der Waals surface area contributed by atoms with Crippen LogP contribution in [0.2, 0.25) is 0 Å². The first-order chi connectivity index (χ1) is 9.16. The van der Waals surface area contributed by atoms with Gasteiger partial charge in [-0.1, -0.05) is 12.1 Å². The van der Waals surface area contributed by atoms with E-state index < -0.39 is 6.04 Å². The SMILES string of the molecule is Cl.NC(C(=O)NCc1ccc(F)cc1)C1CCOCC1. The van der Waals surface area contributed by atoms with Crippen LogP contribution in [0, 0.1) is 11.7 Å². The van der Waals surface area contributed by atoms with Gasteiger partial charge in [-0.3, -0.25) is 4.79 Å². The number of nitrogens with two attached hydrogens (primary N) is 1.